The second-order valence-electron chi connectivity index (χ2n) is 10.5. The molecule has 0 aliphatic rings. The molecule has 14 heteroatoms. The lowest BCUT2D eigenvalue weighted by molar-refractivity contribution is -0.870. The van der Waals surface area contributed by atoms with Crippen LogP contribution in [0.25, 0.3) is 0 Å². The first-order chi connectivity index (χ1) is 15.2. The molecular formula is C21H48N3O10P. The number of nitrogens with zero attached hydrogens (tertiary/aromatic N) is 3. The molecule has 35 heavy (non-hydrogen) atoms. The van der Waals surface area contributed by atoms with Crippen LogP contribution in [0.2, 0.25) is 0 Å². The summed E-state index contributed by atoms with van der Waals surface area (Å²) in [6, 6.07) is 0. The van der Waals surface area contributed by atoms with Crippen LogP contribution >= 0.6 is 7.82 Å². The van der Waals surface area contributed by atoms with E-state index in [0.717, 1.165) is 33.1 Å². The SMILES string of the molecule is CC(=O)OCC[N+](C)(C)C.CC(=O)OCC[N+](C)(C)C.CC(=O)OCC[N+](C)(C)C.O=P([O-])([O-])[O-]. The number of phosphoric acid groups is 1. The van der Waals surface area contributed by atoms with Crippen molar-refractivity contribution in [3.63, 3.8) is 0 Å². The van der Waals surface area contributed by atoms with Crippen LogP contribution < -0.4 is 14.7 Å². The highest BCUT2D eigenvalue weighted by Gasteiger charge is 2.07. The van der Waals surface area contributed by atoms with E-state index in [9.17, 15) is 14.4 Å². The lowest BCUT2D eigenvalue weighted by Gasteiger charge is -2.36. The Morgan fingerprint density at radius 1 is 0.543 bits per heavy atom. The minimum atomic E-state index is -5.39. The maximum Gasteiger partial charge on any atom is 0.302 e. The summed E-state index contributed by atoms with van der Waals surface area (Å²) >= 11 is 0. The third kappa shape index (κ3) is 79.6. The Morgan fingerprint density at radius 2 is 0.686 bits per heavy atom. The zero-order valence-electron chi connectivity index (χ0n) is 23.6. The minimum absolute atomic E-state index is 0.201. The van der Waals surface area contributed by atoms with Gasteiger partial charge in [0.15, 0.2) is 0 Å². The van der Waals surface area contributed by atoms with E-state index in [0.29, 0.717) is 19.8 Å². The van der Waals surface area contributed by atoms with Crippen LogP contribution in [-0.4, -0.2) is 134 Å². The van der Waals surface area contributed by atoms with E-state index in [1.165, 1.54) is 20.8 Å². The molecule has 0 saturated carbocycles. The van der Waals surface area contributed by atoms with Crippen molar-refractivity contribution in [2.24, 2.45) is 0 Å². The van der Waals surface area contributed by atoms with Gasteiger partial charge in [-0.1, -0.05) is 0 Å². The third-order valence-electron chi connectivity index (χ3n) is 3.20. The normalized spacial score (nSPS) is 11.3. The van der Waals surface area contributed by atoms with Crippen LogP contribution in [0.5, 0.6) is 0 Å². The molecule has 0 heterocycles. The van der Waals surface area contributed by atoms with Crippen molar-refractivity contribution in [2.75, 3.05) is 103 Å². The van der Waals surface area contributed by atoms with Crippen LogP contribution in [0, 0.1) is 0 Å². The largest absolute Gasteiger partial charge is 0.822 e. The molecule has 0 rings (SSSR count). The molecule has 0 spiro atoms. The van der Waals surface area contributed by atoms with Gasteiger partial charge in [-0.25, -0.2) is 0 Å². The number of esters is 3. The standard InChI is InChI=1S/3C7H16NO2.H3O4P/c3*1-7(9)10-6-5-8(2,3)4;1-5(2,3)4/h3*5-6H2,1-4H3;(H3,1,2,3,4)/q3*+1;/p-3. The number of hydrogen-bond acceptors (Lipinski definition) is 10. The van der Waals surface area contributed by atoms with Gasteiger partial charge in [0, 0.05) is 20.8 Å². The fourth-order valence-corrected chi connectivity index (χ4v) is 1.39. The summed E-state index contributed by atoms with van der Waals surface area (Å²) in [4.78, 5) is 56.5. The summed E-state index contributed by atoms with van der Waals surface area (Å²) < 4.78 is 25.3. The van der Waals surface area contributed by atoms with Crippen molar-refractivity contribution >= 4 is 25.7 Å². The van der Waals surface area contributed by atoms with E-state index in [-0.39, 0.29) is 17.9 Å². The van der Waals surface area contributed by atoms with Crippen LogP contribution in [0.15, 0.2) is 0 Å². The zero-order valence-corrected chi connectivity index (χ0v) is 24.5. The molecule has 0 aromatic carbocycles. The maximum atomic E-state index is 10.3. The predicted octanol–water partition coefficient (Wildman–Crippen LogP) is -2.06. The zero-order chi connectivity index (χ0) is 29.1. The van der Waals surface area contributed by atoms with Gasteiger partial charge in [0.25, 0.3) is 0 Å². The molecule has 0 aliphatic carbocycles. The summed E-state index contributed by atoms with van der Waals surface area (Å²) in [7, 11) is 13.1. The second kappa shape index (κ2) is 19.6. The molecule has 0 aromatic heterocycles. The topological polar surface area (TPSA) is 165 Å². The van der Waals surface area contributed by atoms with Crippen molar-refractivity contribution in [1.29, 1.82) is 0 Å². The molecule has 0 unspecified atom stereocenters. The molecular weight excluding hydrogens is 485 g/mol. The van der Waals surface area contributed by atoms with E-state index in [2.05, 4.69) is 63.4 Å². The molecule has 0 bridgehead atoms. The number of ether oxygens (including phenoxy) is 3. The number of carbonyl (C=O) groups excluding carboxylic acids is 3. The highest BCUT2D eigenvalue weighted by Crippen LogP contribution is 2.03. The van der Waals surface area contributed by atoms with Gasteiger partial charge in [-0.05, 0) is 0 Å². The lowest BCUT2D eigenvalue weighted by Crippen LogP contribution is -2.37. The van der Waals surface area contributed by atoms with Crippen molar-refractivity contribution in [3.05, 3.63) is 0 Å². The van der Waals surface area contributed by atoms with E-state index in [1.54, 1.807) is 0 Å². The predicted molar refractivity (Wildman–Crippen MR) is 126 cm³/mol. The Morgan fingerprint density at radius 3 is 0.771 bits per heavy atom. The summed E-state index contributed by atoms with van der Waals surface area (Å²) in [6.07, 6.45) is 0. The minimum Gasteiger partial charge on any atom is -0.822 e. The Hall–Kier alpha value is -1.60. The van der Waals surface area contributed by atoms with Gasteiger partial charge in [-0.3, -0.25) is 14.4 Å². The molecule has 0 fully saturated rings. The molecule has 0 aromatic rings. The molecule has 0 saturated heterocycles. The Kier molecular flexibility index (Phi) is 22.7. The fraction of sp³-hybridized carbons (Fsp3) is 0.857. The van der Waals surface area contributed by atoms with E-state index < -0.39 is 7.82 Å². The van der Waals surface area contributed by atoms with Gasteiger partial charge in [-0.2, -0.15) is 7.82 Å². The van der Waals surface area contributed by atoms with E-state index in [1.807, 2.05) is 0 Å². The molecule has 0 atom stereocenters. The van der Waals surface area contributed by atoms with Crippen LogP contribution in [0.3, 0.4) is 0 Å². The summed E-state index contributed by atoms with van der Waals surface area (Å²) in [6.45, 7) is 8.40. The average Bonchev–Trinajstić information content (AvgIpc) is 2.49. The monoisotopic (exact) mass is 533 g/mol. The average molecular weight is 534 g/mol. The Balaban J connectivity index is -0.000000188. The van der Waals surface area contributed by atoms with E-state index in [4.69, 9.17) is 33.5 Å². The first kappa shape index (κ1) is 40.6. The number of quaternary nitrogens is 3. The van der Waals surface area contributed by atoms with Crippen LogP contribution in [-0.2, 0) is 33.2 Å². The highest BCUT2D eigenvalue weighted by atomic mass is 31.2. The third-order valence-corrected chi connectivity index (χ3v) is 3.20. The van der Waals surface area contributed by atoms with E-state index >= 15 is 0 Å². The Bertz CT molecular complexity index is 553. The van der Waals surface area contributed by atoms with Gasteiger partial charge < -0.3 is 46.9 Å². The molecule has 0 N–H and O–H groups in total. The smallest absolute Gasteiger partial charge is 0.302 e. The number of rotatable bonds is 9. The first-order valence-corrected chi connectivity index (χ1v) is 12.3. The molecule has 0 amide bonds. The molecule has 13 nitrogen and oxygen atoms in total. The summed E-state index contributed by atoms with van der Waals surface area (Å²) in [5.41, 5.74) is 0. The number of carbonyl (C=O) groups is 3. The Labute approximate surface area is 211 Å². The summed E-state index contributed by atoms with van der Waals surface area (Å²) in [5.74, 6) is -0.602. The first-order valence-electron chi connectivity index (χ1n) is 10.8. The van der Waals surface area contributed by atoms with Crippen LogP contribution in [0.4, 0.5) is 0 Å². The lowest BCUT2D eigenvalue weighted by atomic mass is 10.5. The number of likely N-dealkylation sites (N-methyl/N-ethyl adjacent to an activating group) is 3. The van der Waals surface area contributed by atoms with Gasteiger partial charge in [-0.15, -0.1) is 0 Å². The van der Waals surface area contributed by atoms with Gasteiger partial charge >= 0.3 is 17.9 Å². The number of hydrogen-bond donors (Lipinski definition) is 0. The molecule has 0 radical (unpaired) electrons. The van der Waals surface area contributed by atoms with Gasteiger partial charge in [0.05, 0.1) is 63.4 Å². The van der Waals surface area contributed by atoms with Crippen molar-refractivity contribution < 1.29 is 61.3 Å². The van der Waals surface area contributed by atoms with Crippen molar-refractivity contribution in [2.45, 2.75) is 20.8 Å². The molecule has 0 aliphatic heterocycles. The van der Waals surface area contributed by atoms with Crippen molar-refractivity contribution in [3.8, 4) is 0 Å². The summed E-state index contributed by atoms with van der Waals surface area (Å²) in [5, 5.41) is 0. The van der Waals surface area contributed by atoms with Crippen molar-refractivity contribution in [1.82, 2.24) is 0 Å². The van der Waals surface area contributed by atoms with Gasteiger partial charge in [0.1, 0.15) is 39.5 Å². The molecule has 212 valence electrons. The van der Waals surface area contributed by atoms with Crippen LogP contribution in [0.1, 0.15) is 20.8 Å². The quantitative estimate of drug-likeness (QED) is 0.139. The maximum absolute atomic E-state index is 10.3. The fourth-order valence-electron chi connectivity index (χ4n) is 1.39. The second-order valence-corrected chi connectivity index (χ2v) is 11.4. The van der Waals surface area contributed by atoms with Gasteiger partial charge in [0.2, 0.25) is 0 Å². The highest BCUT2D eigenvalue weighted by molar-refractivity contribution is 7.40.